The van der Waals surface area contributed by atoms with Crippen LogP contribution in [-0.4, -0.2) is 128 Å². The van der Waals surface area contributed by atoms with Gasteiger partial charge in [-0.2, -0.15) is 22.0 Å². The summed E-state index contributed by atoms with van der Waals surface area (Å²) in [4.78, 5) is 42.0. The number of methoxy groups -OCH3 is 1. The number of aromatic nitrogens is 2. The predicted molar refractivity (Wildman–Crippen MR) is 218 cm³/mol. The van der Waals surface area contributed by atoms with Crippen molar-refractivity contribution < 1.29 is 54.9 Å². The number of nitrogens with two attached hydrogens (primary N) is 1. The molecule has 2 amide bonds. The maximum atomic E-state index is 15.1. The third kappa shape index (κ3) is 12.9. The number of anilines is 1. The molecule has 0 spiro atoms. The molecule has 6 N–H and O–H groups in total. The molecule has 0 radical (unpaired) electrons. The number of amides is 2. The van der Waals surface area contributed by atoms with E-state index in [1.54, 1.807) is 36.7 Å². The van der Waals surface area contributed by atoms with Gasteiger partial charge in [-0.05, 0) is 55.7 Å². The van der Waals surface area contributed by atoms with Gasteiger partial charge >= 0.3 is 18.8 Å². The van der Waals surface area contributed by atoms with E-state index in [0.29, 0.717) is 48.7 Å². The Kier molecular flexibility index (Phi) is 16.5. The van der Waals surface area contributed by atoms with E-state index in [9.17, 15) is 36.6 Å². The van der Waals surface area contributed by atoms with Crippen molar-refractivity contribution in [2.45, 2.75) is 63.8 Å². The third-order valence-electron chi connectivity index (χ3n) is 10.7. The highest BCUT2D eigenvalue weighted by Crippen LogP contribution is 2.40. The molecule has 14 nitrogen and oxygen atoms in total. The van der Waals surface area contributed by atoms with Crippen LogP contribution in [0.5, 0.6) is 0 Å². The quantitative estimate of drug-likeness (QED) is 0.0613. The van der Waals surface area contributed by atoms with Crippen molar-refractivity contribution in [3.63, 3.8) is 0 Å². The average Bonchev–Trinajstić information content (AvgIpc) is 3.22. The number of benzene rings is 2. The predicted octanol–water partition coefficient (Wildman–Crippen LogP) is 3.76. The minimum Gasteiger partial charge on any atom is -0.453 e. The lowest BCUT2D eigenvalue weighted by Crippen LogP contribution is -2.62. The van der Waals surface area contributed by atoms with Crippen molar-refractivity contribution >= 4 is 29.7 Å². The first-order valence-electron chi connectivity index (χ1n) is 19.7. The number of aliphatic hydroxyl groups excluding tert-OH is 1. The lowest BCUT2D eigenvalue weighted by atomic mass is 9.82. The number of hydrogen-bond donors (Lipinski definition) is 5. The molecule has 2 fully saturated rings. The number of allylic oxidation sites excluding steroid dienone is 1. The molecule has 2 aliphatic rings. The normalized spacial score (nSPS) is 16.8. The Labute approximate surface area is 359 Å². The van der Waals surface area contributed by atoms with Crippen molar-refractivity contribution in [3.8, 4) is 11.8 Å². The van der Waals surface area contributed by atoms with Crippen molar-refractivity contribution in [1.82, 2.24) is 30.8 Å². The number of alkyl halides is 5. The second-order valence-electron chi connectivity index (χ2n) is 15.3. The molecule has 3 atom stereocenters. The molecule has 3 heterocycles. The molecule has 340 valence electrons. The standard InChI is InChI=1S/C42H48F7N9O5/c1-41(2,42(47,48)49)36(56-40(61)62-3)37(60)55-34(35(59)22-51-21-31-32(43)15-28(16-33(31)44)29(17-50)20-52-38(45)46)14-26-7-4-25(5-8-26)6-9-27-18-53-39(54-19-27)58-12-10-57(11-13-58)30-23-63-24-30/h4-5,7-8,15-20,30,34-36,38,51,59H,10-14,21-24,50H2,1-3H3,(H,55,60)(H,56,61)/t34-,35-,36?/m0/s1. The summed E-state index contributed by atoms with van der Waals surface area (Å²) >= 11 is 0. The fourth-order valence-corrected chi connectivity index (χ4v) is 6.63. The van der Waals surface area contributed by atoms with Crippen LogP contribution in [0.4, 0.5) is 41.5 Å². The van der Waals surface area contributed by atoms with Gasteiger partial charge in [-0.25, -0.2) is 28.5 Å². The fourth-order valence-electron chi connectivity index (χ4n) is 6.63. The first kappa shape index (κ1) is 48.2. The Morgan fingerprint density at radius 1 is 1.02 bits per heavy atom. The molecule has 5 rings (SSSR count). The van der Waals surface area contributed by atoms with Crippen LogP contribution in [0.2, 0.25) is 0 Å². The van der Waals surface area contributed by atoms with Crippen LogP contribution in [0, 0.1) is 28.9 Å². The van der Waals surface area contributed by atoms with Crippen LogP contribution in [-0.2, 0) is 27.2 Å². The summed E-state index contributed by atoms with van der Waals surface area (Å²) < 4.78 is 108. The van der Waals surface area contributed by atoms with E-state index in [1.165, 1.54) is 0 Å². The van der Waals surface area contributed by atoms with Gasteiger partial charge in [0.15, 0.2) is 0 Å². The first-order chi connectivity index (χ1) is 29.9. The van der Waals surface area contributed by atoms with Crippen LogP contribution < -0.4 is 26.6 Å². The summed E-state index contributed by atoms with van der Waals surface area (Å²) in [6.45, 7) is 2.24. The molecule has 0 aliphatic carbocycles. The third-order valence-corrected chi connectivity index (χ3v) is 10.7. The summed E-state index contributed by atoms with van der Waals surface area (Å²) in [5, 5.41) is 18.3. The van der Waals surface area contributed by atoms with Crippen molar-refractivity contribution in [2.24, 2.45) is 16.1 Å². The maximum Gasteiger partial charge on any atom is 0.407 e. The fraction of sp³-hybridized carbons (Fsp3) is 0.452. The van der Waals surface area contributed by atoms with Crippen molar-refractivity contribution in [2.75, 3.05) is 57.9 Å². The van der Waals surface area contributed by atoms with Gasteiger partial charge in [0.2, 0.25) is 11.9 Å². The van der Waals surface area contributed by atoms with E-state index < -0.39 is 78.6 Å². The van der Waals surface area contributed by atoms with Crippen molar-refractivity contribution in [1.29, 1.82) is 0 Å². The highest BCUT2D eigenvalue weighted by Gasteiger charge is 2.56. The SMILES string of the molecule is COC(=O)NC(C(=O)N[C@@H](Cc1ccc(C#Cc2cnc(N3CCN(C4COC4)CC3)nc2)cc1)[C@@H](O)CNCc1c(F)cc(C(C=NC(F)F)=CN)cc1F)C(C)(C)C(F)(F)F. The van der Waals surface area contributed by atoms with E-state index in [-0.39, 0.29) is 17.6 Å². The van der Waals surface area contributed by atoms with Gasteiger partial charge in [0, 0.05) is 80.8 Å². The number of aliphatic imine (C=N–C) groups is 1. The molecule has 21 heteroatoms. The van der Waals surface area contributed by atoms with Gasteiger partial charge in [-0.3, -0.25) is 9.69 Å². The number of hydrogen-bond acceptors (Lipinski definition) is 12. The van der Waals surface area contributed by atoms with E-state index in [1.807, 2.05) is 5.32 Å². The minimum absolute atomic E-state index is 0.163. The number of piperazine rings is 1. The van der Waals surface area contributed by atoms with Gasteiger partial charge in [0.05, 0.1) is 49.5 Å². The molecule has 1 aromatic heterocycles. The minimum atomic E-state index is -4.99. The molecule has 3 aromatic rings. The van der Waals surface area contributed by atoms with Gasteiger partial charge < -0.3 is 41.2 Å². The van der Waals surface area contributed by atoms with Crippen LogP contribution in [0.1, 0.15) is 41.7 Å². The van der Waals surface area contributed by atoms with Crippen LogP contribution >= 0.6 is 0 Å². The molecular weight excluding hydrogens is 844 g/mol. The number of carbonyl (C=O) groups is 2. The number of carbonyl (C=O) groups excluding carboxylic acids is 2. The number of nitrogens with zero attached hydrogens (tertiary/aromatic N) is 5. The lowest BCUT2D eigenvalue weighted by Gasteiger charge is -2.42. The van der Waals surface area contributed by atoms with Crippen LogP contribution in [0.15, 0.2) is 60.0 Å². The van der Waals surface area contributed by atoms with E-state index >= 15 is 8.78 Å². The molecule has 0 saturated carbocycles. The molecular formula is C42H48F7N9O5. The first-order valence-corrected chi connectivity index (χ1v) is 19.7. The van der Waals surface area contributed by atoms with Gasteiger partial charge in [0.1, 0.15) is 17.7 Å². The van der Waals surface area contributed by atoms with Crippen LogP contribution in [0.3, 0.4) is 0 Å². The topological polar surface area (TPSA) is 180 Å². The highest BCUT2D eigenvalue weighted by atomic mass is 19.4. The zero-order valence-electron chi connectivity index (χ0n) is 34.6. The second kappa shape index (κ2) is 21.5. The summed E-state index contributed by atoms with van der Waals surface area (Å²) in [7, 11) is 0.908. The van der Waals surface area contributed by atoms with Gasteiger partial charge in [-0.15, -0.1) is 0 Å². The van der Waals surface area contributed by atoms with E-state index in [4.69, 9.17) is 10.5 Å². The number of aliphatic hydroxyl groups is 1. The molecule has 2 aliphatic heterocycles. The van der Waals surface area contributed by atoms with E-state index in [2.05, 4.69) is 52.0 Å². The number of ether oxygens (including phenoxy) is 2. The Morgan fingerprint density at radius 2 is 1.63 bits per heavy atom. The summed E-state index contributed by atoms with van der Waals surface area (Å²) in [5.74, 6) is 3.13. The zero-order valence-corrected chi connectivity index (χ0v) is 34.6. The second-order valence-corrected chi connectivity index (χ2v) is 15.3. The average molecular weight is 892 g/mol. The van der Waals surface area contributed by atoms with E-state index in [0.717, 1.165) is 64.8 Å². The largest absolute Gasteiger partial charge is 0.453 e. The number of alkyl carbamates (subject to hydrolysis) is 1. The molecule has 0 bridgehead atoms. The van der Waals surface area contributed by atoms with Crippen LogP contribution in [0.25, 0.3) is 5.57 Å². The van der Waals surface area contributed by atoms with Gasteiger partial charge in [0.25, 0.3) is 0 Å². The summed E-state index contributed by atoms with van der Waals surface area (Å²) in [6, 6.07) is 5.18. The monoisotopic (exact) mass is 891 g/mol. The number of nitrogens with one attached hydrogen (secondary N) is 3. The maximum absolute atomic E-state index is 15.1. The Hall–Kier alpha value is -5.82. The number of halogens is 7. The molecule has 2 saturated heterocycles. The van der Waals surface area contributed by atoms with Gasteiger partial charge in [-0.1, -0.05) is 24.0 Å². The highest BCUT2D eigenvalue weighted by molar-refractivity contribution is 6.09. The number of rotatable bonds is 16. The lowest BCUT2D eigenvalue weighted by molar-refractivity contribution is -0.220. The summed E-state index contributed by atoms with van der Waals surface area (Å²) in [5.41, 5.74) is 3.37. The zero-order chi connectivity index (χ0) is 45.9. The van der Waals surface area contributed by atoms with Crippen molar-refractivity contribution in [3.05, 3.63) is 94.4 Å². The Morgan fingerprint density at radius 3 is 2.17 bits per heavy atom. The molecule has 2 aromatic carbocycles. The smallest absolute Gasteiger partial charge is 0.407 e. The Bertz CT molecular complexity index is 2130. The molecule has 1 unspecified atom stereocenters. The Balaban J connectivity index is 1.29. The molecule has 63 heavy (non-hydrogen) atoms. The summed E-state index contributed by atoms with van der Waals surface area (Å²) in [6.07, 6.45) is -3.30.